The van der Waals surface area contributed by atoms with Crippen LogP contribution in [0.2, 0.25) is 0 Å². The average Bonchev–Trinajstić information content (AvgIpc) is 3.22. The Labute approximate surface area is 179 Å². The van der Waals surface area contributed by atoms with Crippen LogP contribution in [0, 0.1) is 0 Å². The van der Waals surface area contributed by atoms with Crippen LogP contribution in [0.3, 0.4) is 0 Å². The van der Waals surface area contributed by atoms with Gasteiger partial charge in [-0.1, -0.05) is 12.1 Å². The first-order valence-electron chi connectivity index (χ1n) is 10.2. The van der Waals surface area contributed by atoms with Crippen LogP contribution < -0.4 is 15.4 Å². The van der Waals surface area contributed by atoms with E-state index in [0.29, 0.717) is 30.4 Å². The maximum atomic E-state index is 12.2. The fraction of sp³-hybridized carbons (Fsp3) is 0.381. The molecule has 2 aromatic heterocycles. The summed E-state index contributed by atoms with van der Waals surface area (Å²) in [5, 5.41) is 12.1. The smallest absolute Gasteiger partial charge is 0.267 e. The van der Waals surface area contributed by atoms with Crippen LogP contribution in [-0.4, -0.2) is 63.5 Å². The van der Waals surface area contributed by atoms with Gasteiger partial charge in [0.25, 0.3) is 5.91 Å². The number of hydrogen-bond donors (Lipinski definition) is 1. The minimum Gasteiger partial charge on any atom is -0.490 e. The number of benzene rings is 1. The number of primary amides is 1. The van der Waals surface area contributed by atoms with Gasteiger partial charge in [-0.15, -0.1) is 5.10 Å². The van der Waals surface area contributed by atoms with Crippen LogP contribution in [0.25, 0.3) is 22.5 Å². The molecule has 1 fully saturated rings. The van der Waals surface area contributed by atoms with Gasteiger partial charge in [0.05, 0.1) is 36.2 Å². The molecule has 10 heteroatoms. The molecule has 0 aliphatic carbocycles. The number of aromatic nitrogens is 5. The number of para-hydroxylation sites is 1. The number of anilines is 1. The molecule has 0 radical (unpaired) electrons. The van der Waals surface area contributed by atoms with E-state index in [0.717, 1.165) is 29.9 Å². The van der Waals surface area contributed by atoms with Crippen molar-refractivity contribution in [3.8, 4) is 28.3 Å². The fourth-order valence-electron chi connectivity index (χ4n) is 4.10. The third kappa shape index (κ3) is 3.38. The Kier molecular flexibility index (Phi) is 4.78. The lowest BCUT2D eigenvalue weighted by Gasteiger charge is -2.33. The Bertz CT molecular complexity index is 1150. The Balaban J connectivity index is 1.67. The number of fused-ring (bicyclic) bond motifs is 3. The number of morpholine rings is 1. The molecular weight excluding hydrogens is 398 g/mol. The van der Waals surface area contributed by atoms with E-state index < -0.39 is 5.91 Å². The molecule has 4 heterocycles. The molecular formula is C21H23N7O3. The second kappa shape index (κ2) is 7.62. The number of ether oxygens (including phenoxy) is 2. The van der Waals surface area contributed by atoms with Gasteiger partial charge in [0.15, 0.2) is 5.82 Å². The molecule has 1 aromatic carbocycles. The maximum Gasteiger partial charge on any atom is 0.267 e. The molecule has 2 N–H and O–H groups in total. The maximum absolute atomic E-state index is 12.2. The third-order valence-electron chi connectivity index (χ3n) is 5.64. The van der Waals surface area contributed by atoms with E-state index in [2.05, 4.69) is 25.4 Å². The van der Waals surface area contributed by atoms with Crippen molar-refractivity contribution in [2.45, 2.75) is 26.0 Å². The van der Waals surface area contributed by atoms with E-state index in [1.807, 2.05) is 38.1 Å². The Morgan fingerprint density at radius 2 is 2.06 bits per heavy atom. The zero-order valence-corrected chi connectivity index (χ0v) is 17.4. The first-order chi connectivity index (χ1) is 15.0. The van der Waals surface area contributed by atoms with Gasteiger partial charge in [-0.05, 0) is 36.4 Å². The molecule has 0 spiro atoms. The standard InChI is InChI=1S/C21H23N7O3/c1-12-11-31-19-15(4-3-5-16(19)21-24-25-26-28(12)21)17-8-14(9-23-18(17)20(22)29)27-6-7-30-13(2)10-27/h3-5,8-9,12-13H,6-7,10-11H2,1-2H3,(H2,22,29)/t12-,13+/m0/s1. The first kappa shape index (κ1) is 19.4. The third-order valence-corrected chi connectivity index (χ3v) is 5.64. The number of tetrazole rings is 1. The summed E-state index contributed by atoms with van der Waals surface area (Å²) in [4.78, 5) is 18.8. The van der Waals surface area contributed by atoms with E-state index in [1.54, 1.807) is 10.9 Å². The van der Waals surface area contributed by atoms with Crippen molar-refractivity contribution < 1.29 is 14.3 Å². The highest BCUT2D eigenvalue weighted by Gasteiger charge is 2.27. The summed E-state index contributed by atoms with van der Waals surface area (Å²) in [6.07, 6.45) is 1.80. The summed E-state index contributed by atoms with van der Waals surface area (Å²) < 4.78 is 13.6. The van der Waals surface area contributed by atoms with Crippen LogP contribution >= 0.6 is 0 Å². The molecule has 3 aromatic rings. The summed E-state index contributed by atoms with van der Waals surface area (Å²) in [5.74, 6) is 0.634. The van der Waals surface area contributed by atoms with E-state index in [1.165, 1.54) is 0 Å². The first-order valence-corrected chi connectivity index (χ1v) is 10.2. The van der Waals surface area contributed by atoms with Crippen molar-refractivity contribution in [2.75, 3.05) is 31.2 Å². The molecule has 31 heavy (non-hydrogen) atoms. The molecule has 0 bridgehead atoms. The van der Waals surface area contributed by atoms with Gasteiger partial charge in [0.1, 0.15) is 18.1 Å². The van der Waals surface area contributed by atoms with Crippen molar-refractivity contribution in [1.29, 1.82) is 0 Å². The van der Waals surface area contributed by atoms with Crippen LogP contribution in [0.15, 0.2) is 30.5 Å². The summed E-state index contributed by atoms with van der Waals surface area (Å²) in [5.41, 5.74) is 8.88. The predicted octanol–water partition coefficient (Wildman–Crippen LogP) is 1.68. The number of pyridine rings is 1. The minimum absolute atomic E-state index is 0.0415. The SMILES string of the molecule is C[C@@H]1CN(c2cnc(C(N)=O)c(-c3cccc4c3OC[C@H](C)n3nnnc3-4)c2)CCO1. The van der Waals surface area contributed by atoms with Crippen molar-refractivity contribution in [3.05, 3.63) is 36.2 Å². The molecule has 160 valence electrons. The van der Waals surface area contributed by atoms with Crippen molar-refractivity contribution in [2.24, 2.45) is 5.73 Å². The van der Waals surface area contributed by atoms with Crippen LogP contribution in [0.1, 0.15) is 30.4 Å². The number of carbonyl (C=O) groups excluding carboxylic acids is 1. The minimum atomic E-state index is -0.596. The topological polar surface area (TPSA) is 121 Å². The second-order valence-corrected chi connectivity index (χ2v) is 7.87. The monoisotopic (exact) mass is 421 g/mol. The highest BCUT2D eigenvalue weighted by Crippen LogP contribution is 2.42. The van der Waals surface area contributed by atoms with Crippen molar-refractivity contribution >= 4 is 11.6 Å². The molecule has 2 atom stereocenters. The van der Waals surface area contributed by atoms with Crippen molar-refractivity contribution in [3.63, 3.8) is 0 Å². The quantitative estimate of drug-likeness (QED) is 0.678. The van der Waals surface area contributed by atoms with Crippen molar-refractivity contribution in [1.82, 2.24) is 25.2 Å². The summed E-state index contributed by atoms with van der Waals surface area (Å²) in [6.45, 7) is 6.54. The lowest BCUT2D eigenvalue weighted by Crippen LogP contribution is -2.41. The van der Waals surface area contributed by atoms with Crippen LogP contribution in [0.4, 0.5) is 5.69 Å². The molecule has 2 aliphatic heterocycles. The normalized spacial score (nSPS) is 20.4. The van der Waals surface area contributed by atoms with Crippen LogP contribution in [-0.2, 0) is 4.74 Å². The fourth-order valence-corrected chi connectivity index (χ4v) is 4.10. The molecule has 0 saturated carbocycles. The number of carbonyl (C=O) groups is 1. The van der Waals surface area contributed by atoms with Gasteiger partial charge in [-0.3, -0.25) is 4.79 Å². The average molecular weight is 421 g/mol. The number of nitrogens with two attached hydrogens (primary N) is 1. The van der Waals surface area contributed by atoms with Gasteiger partial charge >= 0.3 is 0 Å². The van der Waals surface area contributed by atoms with E-state index in [9.17, 15) is 4.79 Å². The number of hydrogen-bond acceptors (Lipinski definition) is 8. The Morgan fingerprint density at radius 3 is 2.87 bits per heavy atom. The molecule has 0 unspecified atom stereocenters. The Morgan fingerprint density at radius 1 is 1.23 bits per heavy atom. The zero-order chi connectivity index (χ0) is 21.5. The predicted molar refractivity (Wildman–Crippen MR) is 113 cm³/mol. The van der Waals surface area contributed by atoms with Crippen LogP contribution in [0.5, 0.6) is 5.75 Å². The lowest BCUT2D eigenvalue weighted by atomic mass is 9.98. The van der Waals surface area contributed by atoms with Gasteiger partial charge < -0.3 is 20.1 Å². The summed E-state index contributed by atoms with van der Waals surface area (Å²) >= 11 is 0. The van der Waals surface area contributed by atoms with E-state index >= 15 is 0 Å². The number of nitrogens with zero attached hydrogens (tertiary/aromatic N) is 6. The van der Waals surface area contributed by atoms with Gasteiger partial charge in [0.2, 0.25) is 0 Å². The molecule has 5 rings (SSSR count). The molecule has 2 aliphatic rings. The highest BCUT2D eigenvalue weighted by atomic mass is 16.5. The largest absolute Gasteiger partial charge is 0.490 e. The summed E-state index contributed by atoms with van der Waals surface area (Å²) in [6, 6.07) is 7.60. The van der Waals surface area contributed by atoms with E-state index in [-0.39, 0.29) is 17.8 Å². The molecule has 10 nitrogen and oxygen atoms in total. The summed E-state index contributed by atoms with van der Waals surface area (Å²) in [7, 11) is 0. The van der Waals surface area contributed by atoms with Gasteiger partial charge in [0, 0.05) is 24.2 Å². The molecule has 1 amide bonds. The Hall–Kier alpha value is -3.53. The number of rotatable bonds is 3. The highest BCUT2D eigenvalue weighted by molar-refractivity contribution is 6.00. The lowest BCUT2D eigenvalue weighted by molar-refractivity contribution is 0.0532. The molecule has 1 saturated heterocycles. The zero-order valence-electron chi connectivity index (χ0n) is 17.4. The van der Waals surface area contributed by atoms with E-state index in [4.69, 9.17) is 15.2 Å². The number of amides is 1. The van der Waals surface area contributed by atoms with Gasteiger partial charge in [-0.25, -0.2) is 9.67 Å². The second-order valence-electron chi connectivity index (χ2n) is 7.87. The van der Waals surface area contributed by atoms with Gasteiger partial charge in [-0.2, -0.15) is 0 Å².